The van der Waals surface area contributed by atoms with E-state index in [1.54, 1.807) is 10.6 Å². The highest BCUT2D eigenvalue weighted by atomic mass is 16.2. The first-order chi connectivity index (χ1) is 12.8. The number of nitrogens with one attached hydrogen (secondary N) is 1. The number of nitrogens with zero attached hydrogens (tertiary/aromatic N) is 3. The smallest absolute Gasteiger partial charge is 0.350 e. The largest absolute Gasteiger partial charge is 0.383 e. The molecule has 5 heteroatoms. The fourth-order valence-corrected chi connectivity index (χ4v) is 3.07. The molecule has 0 bridgehead atoms. The van der Waals surface area contributed by atoms with Gasteiger partial charge >= 0.3 is 5.69 Å². The number of hydrogen-bond donors (Lipinski definition) is 1. The van der Waals surface area contributed by atoms with Crippen molar-refractivity contribution in [2.75, 3.05) is 11.9 Å². The van der Waals surface area contributed by atoms with E-state index in [4.69, 9.17) is 0 Å². The fourth-order valence-electron chi connectivity index (χ4n) is 3.07. The summed E-state index contributed by atoms with van der Waals surface area (Å²) in [5.74, 6) is 0. The average Bonchev–Trinajstić information content (AvgIpc) is 3.00. The van der Waals surface area contributed by atoms with Crippen molar-refractivity contribution in [3.63, 3.8) is 0 Å². The maximum atomic E-state index is 12.3. The van der Waals surface area contributed by atoms with Crippen molar-refractivity contribution in [3.8, 4) is 0 Å². The lowest BCUT2D eigenvalue weighted by molar-refractivity contribution is 0.614. The van der Waals surface area contributed by atoms with Crippen LogP contribution < -0.4 is 11.0 Å². The highest BCUT2D eigenvalue weighted by Gasteiger charge is 2.06. The predicted octanol–water partition coefficient (Wildman–Crippen LogP) is 3.20. The van der Waals surface area contributed by atoms with E-state index in [-0.39, 0.29) is 5.69 Å². The second kappa shape index (κ2) is 7.27. The van der Waals surface area contributed by atoms with Gasteiger partial charge in [0.15, 0.2) is 5.65 Å². The summed E-state index contributed by atoms with van der Waals surface area (Å²) < 4.78 is 3.06. The molecule has 130 valence electrons. The summed E-state index contributed by atoms with van der Waals surface area (Å²) in [5, 5.41) is 7.81. The van der Waals surface area contributed by atoms with E-state index in [1.165, 1.54) is 15.8 Å². The number of anilines is 1. The van der Waals surface area contributed by atoms with Gasteiger partial charge in [-0.3, -0.25) is 4.40 Å². The number of fused-ring (bicyclic) bond motifs is 1. The highest BCUT2D eigenvalue weighted by molar-refractivity contribution is 5.52. The molecule has 4 rings (SSSR count). The van der Waals surface area contributed by atoms with E-state index < -0.39 is 0 Å². The van der Waals surface area contributed by atoms with Gasteiger partial charge in [-0.1, -0.05) is 54.6 Å². The number of hydrogen-bond acceptors (Lipinski definition) is 3. The lowest BCUT2D eigenvalue weighted by Gasteiger charge is -2.12. The third-order valence-corrected chi connectivity index (χ3v) is 4.38. The zero-order valence-electron chi connectivity index (χ0n) is 14.4. The molecule has 0 fully saturated rings. The average molecular weight is 344 g/mol. The van der Waals surface area contributed by atoms with Gasteiger partial charge in [-0.15, -0.1) is 5.10 Å². The molecule has 0 unspecified atom stereocenters. The van der Waals surface area contributed by atoms with Gasteiger partial charge in [0, 0.05) is 18.4 Å². The molecule has 26 heavy (non-hydrogen) atoms. The summed E-state index contributed by atoms with van der Waals surface area (Å²) in [4.78, 5) is 12.3. The molecule has 0 saturated carbocycles. The second-order valence-electron chi connectivity index (χ2n) is 6.18. The highest BCUT2D eigenvalue weighted by Crippen LogP contribution is 2.18. The molecule has 4 aromatic rings. The van der Waals surface area contributed by atoms with Crippen LogP contribution in [-0.4, -0.2) is 20.7 Å². The van der Waals surface area contributed by atoms with Gasteiger partial charge in [-0.2, -0.15) is 0 Å². The minimum absolute atomic E-state index is 0.111. The van der Waals surface area contributed by atoms with Crippen LogP contribution in [0.5, 0.6) is 0 Å². The number of para-hydroxylation sites is 1. The Morgan fingerprint density at radius 1 is 0.885 bits per heavy atom. The minimum Gasteiger partial charge on any atom is -0.383 e. The number of rotatable bonds is 6. The molecule has 2 aromatic heterocycles. The number of pyridine rings is 1. The van der Waals surface area contributed by atoms with Crippen LogP contribution in [0.4, 0.5) is 5.69 Å². The van der Waals surface area contributed by atoms with Gasteiger partial charge < -0.3 is 5.32 Å². The topological polar surface area (TPSA) is 51.3 Å². The molecular formula is C21H20N4O. The zero-order valence-corrected chi connectivity index (χ0v) is 14.4. The number of aromatic nitrogens is 3. The van der Waals surface area contributed by atoms with E-state index >= 15 is 0 Å². The standard InChI is InChI=1S/C21H20N4O/c26-21-24-14-7-6-12-20(24)23-25(21)15-13-22-19-11-5-4-10-18(19)16-17-8-2-1-3-9-17/h1-12,14,22H,13,15-16H2. The van der Waals surface area contributed by atoms with E-state index in [1.807, 2.05) is 30.3 Å². The molecule has 5 nitrogen and oxygen atoms in total. The van der Waals surface area contributed by atoms with E-state index in [9.17, 15) is 4.79 Å². The molecule has 0 aliphatic rings. The molecule has 0 radical (unpaired) electrons. The van der Waals surface area contributed by atoms with Crippen LogP contribution in [0.1, 0.15) is 11.1 Å². The molecule has 0 saturated heterocycles. The van der Waals surface area contributed by atoms with Crippen molar-refractivity contribution in [1.82, 2.24) is 14.2 Å². The molecule has 0 atom stereocenters. The Morgan fingerprint density at radius 2 is 1.65 bits per heavy atom. The van der Waals surface area contributed by atoms with Gasteiger partial charge in [-0.25, -0.2) is 9.48 Å². The van der Waals surface area contributed by atoms with Crippen LogP contribution in [0.15, 0.2) is 83.8 Å². The summed E-state index contributed by atoms with van der Waals surface area (Å²) in [6.45, 7) is 1.15. The Morgan fingerprint density at radius 3 is 2.50 bits per heavy atom. The second-order valence-corrected chi connectivity index (χ2v) is 6.18. The van der Waals surface area contributed by atoms with Gasteiger partial charge in [0.2, 0.25) is 0 Å². The lowest BCUT2D eigenvalue weighted by Crippen LogP contribution is -2.24. The van der Waals surface area contributed by atoms with Crippen LogP contribution in [0.3, 0.4) is 0 Å². The summed E-state index contributed by atoms with van der Waals surface area (Å²) in [7, 11) is 0. The normalized spacial score (nSPS) is 10.9. The Bertz CT molecular complexity index is 1070. The first-order valence-corrected chi connectivity index (χ1v) is 8.71. The van der Waals surface area contributed by atoms with Crippen LogP contribution in [-0.2, 0) is 13.0 Å². The molecule has 2 aromatic carbocycles. The van der Waals surface area contributed by atoms with Crippen LogP contribution in [0.2, 0.25) is 0 Å². The first-order valence-electron chi connectivity index (χ1n) is 8.71. The van der Waals surface area contributed by atoms with Crippen molar-refractivity contribution in [3.05, 3.63) is 101 Å². The monoisotopic (exact) mass is 344 g/mol. The minimum atomic E-state index is -0.111. The van der Waals surface area contributed by atoms with E-state index in [0.29, 0.717) is 18.7 Å². The van der Waals surface area contributed by atoms with Crippen LogP contribution in [0, 0.1) is 0 Å². The first kappa shape index (κ1) is 16.1. The summed E-state index contributed by atoms with van der Waals surface area (Å²) in [5.41, 5.74) is 4.16. The van der Waals surface area contributed by atoms with Gasteiger partial charge in [0.1, 0.15) is 0 Å². The fraction of sp³-hybridized carbons (Fsp3) is 0.143. The Kier molecular flexibility index (Phi) is 4.51. The van der Waals surface area contributed by atoms with Crippen LogP contribution in [0.25, 0.3) is 5.65 Å². The zero-order chi connectivity index (χ0) is 17.8. The van der Waals surface area contributed by atoms with Gasteiger partial charge in [-0.05, 0) is 35.7 Å². The molecule has 0 spiro atoms. The maximum absolute atomic E-state index is 12.3. The third kappa shape index (κ3) is 3.37. The lowest BCUT2D eigenvalue weighted by atomic mass is 10.0. The quantitative estimate of drug-likeness (QED) is 0.584. The van der Waals surface area contributed by atoms with Crippen LogP contribution >= 0.6 is 0 Å². The summed E-state index contributed by atoms with van der Waals surface area (Å²) in [6, 6.07) is 24.2. The van der Waals surface area contributed by atoms with Crippen molar-refractivity contribution in [2.45, 2.75) is 13.0 Å². The van der Waals surface area contributed by atoms with Crippen molar-refractivity contribution < 1.29 is 0 Å². The number of benzene rings is 2. The predicted molar refractivity (Wildman–Crippen MR) is 104 cm³/mol. The van der Waals surface area contributed by atoms with Crippen molar-refractivity contribution in [1.29, 1.82) is 0 Å². The van der Waals surface area contributed by atoms with Gasteiger partial charge in [0.05, 0.1) is 6.54 Å². The van der Waals surface area contributed by atoms with E-state index in [2.05, 4.69) is 52.9 Å². The SMILES string of the molecule is O=c1n(CCNc2ccccc2Cc2ccccc2)nc2ccccn12. The third-order valence-electron chi connectivity index (χ3n) is 4.38. The Balaban J connectivity index is 1.46. The molecule has 0 amide bonds. The maximum Gasteiger partial charge on any atom is 0.350 e. The molecule has 1 N–H and O–H groups in total. The van der Waals surface area contributed by atoms with Crippen molar-refractivity contribution in [2.24, 2.45) is 0 Å². The molecule has 0 aliphatic heterocycles. The van der Waals surface area contributed by atoms with Gasteiger partial charge in [0.25, 0.3) is 0 Å². The van der Waals surface area contributed by atoms with Crippen molar-refractivity contribution >= 4 is 11.3 Å². The van der Waals surface area contributed by atoms with E-state index in [0.717, 1.165) is 12.1 Å². The molecular weight excluding hydrogens is 324 g/mol. The molecule has 0 aliphatic carbocycles. The summed E-state index contributed by atoms with van der Waals surface area (Å²) in [6.07, 6.45) is 2.61. The summed E-state index contributed by atoms with van der Waals surface area (Å²) >= 11 is 0. The Hall–Kier alpha value is -3.34. The Labute approximate surface area is 151 Å². The molecule has 2 heterocycles.